The zero-order valence-corrected chi connectivity index (χ0v) is 14.2. The molecule has 2 heteroatoms. The van der Waals surface area contributed by atoms with E-state index < -0.39 is 0 Å². The van der Waals surface area contributed by atoms with E-state index in [-0.39, 0.29) is 12.1 Å². The molecule has 1 aliphatic rings. The van der Waals surface area contributed by atoms with Crippen LogP contribution in [0.2, 0.25) is 0 Å². The van der Waals surface area contributed by atoms with Gasteiger partial charge in [-0.05, 0) is 42.9 Å². The molecule has 0 saturated heterocycles. The van der Waals surface area contributed by atoms with Gasteiger partial charge in [-0.1, -0.05) is 53.4 Å². The SMILES string of the molecule is CCC[C@H](C)[C@H]1CC[C@H](OC(C)=O)[C@H]([C@@H](C)CCC)C1. The molecule has 0 spiro atoms. The molecule has 0 N–H and O–H groups in total. The van der Waals surface area contributed by atoms with Crippen molar-refractivity contribution in [3.8, 4) is 0 Å². The van der Waals surface area contributed by atoms with Crippen LogP contribution in [0.15, 0.2) is 0 Å². The minimum Gasteiger partial charge on any atom is -0.462 e. The Morgan fingerprint density at radius 2 is 1.70 bits per heavy atom. The third-order valence-corrected chi connectivity index (χ3v) is 5.22. The number of esters is 1. The Balaban J connectivity index is 2.69. The van der Waals surface area contributed by atoms with E-state index in [1.165, 1.54) is 38.5 Å². The minimum atomic E-state index is -0.108. The smallest absolute Gasteiger partial charge is 0.302 e. The second-order valence-corrected chi connectivity index (χ2v) is 6.92. The Morgan fingerprint density at radius 1 is 1.10 bits per heavy atom. The van der Waals surface area contributed by atoms with E-state index in [9.17, 15) is 4.79 Å². The second-order valence-electron chi connectivity index (χ2n) is 6.92. The molecule has 5 atom stereocenters. The van der Waals surface area contributed by atoms with Crippen LogP contribution in [0.5, 0.6) is 0 Å². The zero-order chi connectivity index (χ0) is 15.1. The molecule has 0 aromatic rings. The van der Waals surface area contributed by atoms with Crippen molar-refractivity contribution in [1.82, 2.24) is 0 Å². The van der Waals surface area contributed by atoms with Gasteiger partial charge in [-0.25, -0.2) is 0 Å². The van der Waals surface area contributed by atoms with Crippen LogP contribution >= 0.6 is 0 Å². The van der Waals surface area contributed by atoms with Crippen molar-refractivity contribution in [2.45, 2.75) is 85.7 Å². The summed E-state index contributed by atoms with van der Waals surface area (Å²) in [7, 11) is 0. The van der Waals surface area contributed by atoms with E-state index >= 15 is 0 Å². The number of hydrogen-bond acceptors (Lipinski definition) is 2. The highest BCUT2D eigenvalue weighted by Crippen LogP contribution is 2.41. The molecule has 1 aliphatic carbocycles. The standard InChI is InChI=1S/C18H34O2/c1-6-8-13(3)16-10-11-18(20-15(5)19)17(12-16)14(4)9-7-2/h13-14,16-18H,6-12H2,1-5H3/t13-,14-,16-,17-,18-/m0/s1. The average molecular weight is 282 g/mol. The van der Waals surface area contributed by atoms with Gasteiger partial charge < -0.3 is 4.74 Å². The summed E-state index contributed by atoms with van der Waals surface area (Å²) >= 11 is 0. The predicted molar refractivity (Wildman–Crippen MR) is 84.5 cm³/mol. The van der Waals surface area contributed by atoms with E-state index in [0.29, 0.717) is 11.8 Å². The maximum Gasteiger partial charge on any atom is 0.302 e. The lowest BCUT2D eigenvalue weighted by atomic mass is 9.68. The van der Waals surface area contributed by atoms with Crippen LogP contribution in [0.4, 0.5) is 0 Å². The van der Waals surface area contributed by atoms with Crippen molar-refractivity contribution in [2.75, 3.05) is 0 Å². The van der Waals surface area contributed by atoms with Gasteiger partial charge >= 0.3 is 5.97 Å². The van der Waals surface area contributed by atoms with Crippen molar-refractivity contribution in [2.24, 2.45) is 23.7 Å². The van der Waals surface area contributed by atoms with Crippen LogP contribution < -0.4 is 0 Å². The quantitative estimate of drug-likeness (QED) is 0.599. The highest BCUT2D eigenvalue weighted by Gasteiger charge is 2.36. The monoisotopic (exact) mass is 282 g/mol. The van der Waals surface area contributed by atoms with Gasteiger partial charge in [0.2, 0.25) is 0 Å². The second kappa shape index (κ2) is 8.69. The Kier molecular flexibility index (Phi) is 7.61. The fourth-order valence-electron chi connectivity index (χ4n) is 4.05. The lowest BCUT2D eigenvalue weighted by molar-refractivity contribution is -0.153. The molecule has 0 radical (unpaired) electrons. The molecule has 2 nitrogen and oxygen atoms in total. The fraction of sp³-hybridized carbons (Fsp3) is 0.944. The van der Waals surface area contributed by atoms with Gasteiger partial charge in [0.25, 0.3) is 0 Å². The summed E-state index contributed by atoms with van der Waals surface area (Å²) in [6, 6.07) is 0. The maximum absolute atomic E-state index is 11.3. The van der Waals surface area contributed by atoms with Gasteiger partial charge in [0.05, 0.1) is 0 Å². The first-order valence-electron chi connectivity index (χ1n) is 8.66. The molecule has 0 aromatic carbocycles. The highest BCUT2D eigenvalue weighted by molar-refractivity contribution is 5.66. The summed E-state index contributed by atoms with van der Waals surface area (Å²) in [4.78, 5) is 11.3. The third kappa shape index (κ3) is 5.10. The molecular formula is C18H34O2. The highest BCUT2D eigenvalue weighted by atomic mass is 16.5. The molecule has 0 aromatic heterocycles. The average Bonchev–Trinajstić information content (AvgIpc) is 2.39. The van der Waals surface area contributed by atoms with Crippen molar-refractivity contribution in [3.63, 3.8) is 0 Å². The van der Waals surface area contributed by atoms with E-state index in [0.717, 1.165) is 18.3 Å². The van der Waals surface area contributed by atoms with Gasteiger partial charge in [-0.2, -0.15) is 0 Å². The van der Waals surface area contributed by atoms with Crippen LogP contribution in [-0.2, 0) is 9.53 Å². The Labute approximate surface area is 125 Å². The first-order chi connectivity index (χ1) is 9.49. The predicted octanol–water partition coefficient (Wildman–Crippen LogP) is 5.21. The first-order valence-corrected chi connectivity index (χ1v) is 8.66. The topological polar surface area (TPSA) is 26.3 Å². The molecule has 0 unspecified atom stereocenters. The van der Waals surface area contributed by atoms with Crippen molar-refractivity contribution in [3.05, 3.63) is 0 Å². The largest absolute Gasteiger partial charge is 0.462 e. The Bertz CT molecular complexity index is 287. The normalized spacial score (nSPS) is 29.8. The number of carbonyl (C=O) groups is 1. The van der Waals surface area contributed by atoms with Gasteiger partial charge in [0.15, 0.2) is 0 Å². The summed E-state index contributed by atoms with van der Waals surface area (Å²) < 4.78 is 5.62. The molecule has 1 fully saturated rings. The van der Waals surface area contributed by atoms with Gasteiger partial charge in [-0.3, -0.25) is 4.79 Å². The number of ether oxygens (including phenoxy) is 1. The molecule has 0 heterocycles. The van der Waals surface area contributed by atoms with Crippen LogP contribution in [0.1, 0.15) is 79.6 Å². The molecule has 20 heavy (non-hydrogen) atoms. The lowest BCUT2D eigenvalue weighted by Crippen LogP contribution is -2.38. The maximum atomic E-state index is 11.3. The summed E-state index contributed by atoms with van der Waals surface area (Å²) in [5, 5.41) is 0. The molecular weight excluding hydrogens is 248 g/mol. The van der Waals surface area contributed by atoms with Crippen molar-refractivity contribution < 1.29 is 9.53 Å². The molecule has 118 valence electrons. The number of rotatable bonds is 7. The van der Waals surface area contributed by atoms with E-state index in [1.54, 1.807) is 6.92 Å². The minimum absolute atomic E-state index is 0.108. The Hall–Kier alpha value is -0.530. The molecule has 0 bridgehead atoms. The van der Waals surface area contributed by atoms with Gasteiger partial charge in [0, 0.05) is 6.92 Å². The van der Waals surface area contributed by atoms with Crippen LogP contribution in [0.3, 0.4) is 0 Å². The molecule has 0 aliphatic heterocycles. The molecule has 0 amide bonds. The number of hydrogen-bond donors (Lipinski definition) is 0. The lowest BCUT2D eigenvalue weighted by Gasteiger charge is -2.41. The summed E-state index contributed by atoms with van der Waals surface area (Å²) in [5.41, 5.74) is 0. The zero-order valence-electron chi connectivity index (χ0n) is 14.2. The van der Waals surface area contributed by atoms with Crippen LogP contribution in [0, 0.1) is 23.7 Å². The van der Waals surface area contributed by atoms with Crippen molar-refractivity contribution >= 4 is 5.97 Å². The third-order valence-electron chi connectivity index (χ3n) is 5.22. The summed E-state index contributed by atoms with van der Waals surface area (Å²) in [6.45, 7) is 10.8. The van der Waals surface area contributed by atoms with Gasteiger partial charge in [-0.15, -0.1) is 0 Å². The molecule has 1 rings (SSSR count). The van der Waals surface area contributed by atoms with Gasteiger partial charge in [0.1, 0.15) is 6.10 Å². The van der Waals surface area contributed by atoms with Crippen LogP contribution in [-0.4, -0.2) is 12.1 Å². The van der Waals surface area contributed by atoms with Crippen molar-refractivity contribution in [1.29, 1.82) is 0 Å². The van der Waals surface area contributed by atoms with E-state index in [2.05, 4.69) is 27.7 Å². The fourth-order valence-corrected chi connectivity index (χ4v) is 4.05. The summed E-state index contributed by atoms with van der Waals surface area (Å²) in [5.74, 6) is 2.77. The molecule has 1 saturated carbocycles. The Morgan fingerprint density at radius 3 is 2.25 bits per heavy atom. The van der Waals surface area contributed by atoms with E-state index in [4.69, 9.17) is 4.74 Å². The van der Waals surface area contributed by atoms with Crippen LogP contribution in [0.25, 0.3) is 0 Å². The number of carbonyl (C=O) groups excluding carboxylic acids is 1. The first kappa shape index (κ1) is 17.5. The summed E-state index contributed by atoms with van der Waals surface area (Å²) in [6.07, 6.45) is 8.79. The van der Waals surface area contributed by atoms with E-state index in [1.807, 2.05) is 0 Å².